The van der Waals surface area contributed by atoms with Gasteiger partial charge in [-0.3, -0.25) is 4.79 Å². The smallest absolute Gasteiger partial charge is 0.177 e. The number of carbonyl (C=O) groups is 1. The molecule has 0 unspecified atom stereocenters. The van der Waals surface area contributed by atoms with Crippen LogP contribution in [0.2, 0.25) is 5.02 Å². The zero-order valence-electron chi connectivity index (χ0n) is 9.73. The minimum atomic E-state index is 0.0903. The number of hydrogen-bond donors (Lipinski definition) is 0. The second-order valence-electron chi connectivity index (χ2n) is 5.47. The summed E-state index contributed by atoms with van der Waals surface area (Å²) in [5.74, 6) is 0.342. The maximum Gasteiger partial charge on any atom is 0.177 e. The summed E-state index contributed by atoms with van der Waals surface area (Å²) >= 11 is 10.7. The molecule has 1 aromatic heterocycles. The van der Waals surface area contributed by atoms with E-state index in [4.69, 9.17) is 11.6 Å². The molecule has 16 heavy (non-hydrogen) atoms. The van der Waals surface area contributed by atoms with Crippen LogP contribution in [0.1, 0.15) is 37.4 Å². The Morgan fingerprint density at radius 1 is 1.38 bits per heavy atom. The summed E-state index contributed by atoms with van der Waals surface area (Å²) in [6, 6.07) is 1.77. The molecule has 0 bridgehead atoms. The van der Waals surface area contributed by atoms with Crippen LogP contribution in [0.25, 0.3) is 0 Å². The summed E-state index contributed by atoms with van der Waals surface area (Å²) in [4.78, 5) is 13.1. The quantitative estimate of drug-likeness (QED) is 0.698. The van der Waals surface area contributed by atoms with Crippen LogP contribution in [-0.2, 0) is 0 Å². The van der Waals surface area contributed by atoms with Crippen molar-refractivity contribution >= 4 is 44.7 Å². The average molecular weight is 322 g/mol. The first kappa shape index (κ1) is 12.6. The van der Waals surface area contributed by atoms with Crippen molar-refractivity contribution < 1.29 is 4.79 Å². The molecule has 1 saturated carbocycles. The molecule has 1 aliphatic rings. The van der Waals surface area contributed by atoms with Crippen LogP contribution in [0.4, 0.5) is 0 Å². The molecule has 0 saturated heterocycles. The van der Waals surface area contributed by atoms with Crippen molar-refractivity contribution in [2.24, 2.45) is 16.7 Å². The first-order chi connectivity index (χ1) is 7.19. The highest BCUT2D eigenvalue weighted by Gasteiger charge is 2.68. The summed E-state index contributed by atoms with van der Waals surface area (Å²) in [7, 11) is 0. The molecule has 0 atom stereocenters. The molecule has 0 aromatic carbocycles. The van der Waals surface area contributed by atoms with Crippen LogP contribution in [0, 0.1) is 16.7 Å². The van der Waals surface area contributed by atoms with Crippen LogP contribution in [-0.4, -0.2) is 5.78 Å². The minimum absolute atomic E-state index is 0.0903. The fourth-order valence-electron chi connectivity index (χ4n) is 2.46. The van der Waals surface area contributed by atoms with Gasteiger partial charge in [0.05, 0.1) is 13.7 Å². The highest BCUT2D eigenvalue weighted by molar-refractivity contribution is 9.11. The van der Waals surface area contributed by atoms with Gasteiger partial charge >= 0.3 is 0 Å². The van der Waals surface area contributed by atoms with Crippen LogP contribution in [0.5, 0.6) is 0 Å². The summed E-state index contributed by atoms with van der Waals surface area (Å²) in [5, 5.41) is 0.629. The monoisotopic (exact) mass is 320 g/mol. The number of ketones is 1. The SMILES string of the molecule is CC1(C)C(C(=O)c2cc(Cl)c(Br)s2)C1(C)C. The lowest BCUT2D eigenvalue weighted by Crippen LogP contribution is -2.05. The Bertz CT molecular complexity index is 428. The molecule has 0 aliphatic heterocycles. The molecule has 2 rings (SSSR count). The van der Waals surface area contributed by atoms with E-state index in [0.717, 1.165) is 8.66 Å². The molecule has 88 valence electrons. The van der Waals surface area contributed by atoms with Crippen molar-refractivity contribution in [2.45, 2.75) is 27.7 Å². The standard InChI is InChI=1S/C12H14BrClOS/c1-11(2)9(12(11,3)4)8(15)7-5-6(14)10(13)16-7/h5,9H,1-4H3. The summed E-state index contributed by atoms with van der Waals surface area (Å²) in [5.41, 5.74) is 0.181. The molecule has 0 spiro atoms. The van der Waals surface area contributed by atoms with Crippen LogP contribution in [0.15, 0.2) is 9.85 Å². The second-order valence-corrected chi connectivity index (χ2v) is 8.25. The van der Waals surface area contributed by atoms with E-state index in [-0.39, 0.29) is 22.5 Å². The van der Waals surface area contributed by atoms with E-state index in [1.54, 1.807) is 6.07 Å². The number of thiophene rings is 1. The van der Waals surface area contributed by atoms with E-state index in [0.29, 0.717) is 5.02 Å². The number of Topliss-reactive ketones (excluding diaryl/α,β-unsaturated/α-hetero) is 1. The Morgan fingerprint density at radius 2 is 1.88 bits per heavy atom. The van der Waals surface area contributed by atoms with Crippen LogP contribution >= 0.6 is 38.9 Å². The second kappa shape index (κ2) is 3.56. The molecule has 1 heterocycles. The van der Waals surface area contributed by atoms with E-state index in [1.165, 1.54) is 11.3 Å². The highest BCUT2D eigenvalue weighted by Crippen LogP contribution is 2.69. The van der Waals surface area contributed by atoms with Gasteiger partial charge in [-0.1, -0.05) is 39.3 Å². The van der Waals surface area contributed by atoms with Gasteiger partial charge in [0.15, 0.2) is 5.78 Å². The minimum Gasteiger partial charge on any atom is -0.293 e. The first-order valence-corrected chi connectivity index (χ1v) is 7.17. The highest BCUT2D eigenvalue weighted by atomic mass is 79.9. The van der Waals surface area contributed by atoms with E-state index < -0.39 is 0 Å². The third kappa shape index (κ3) is 1.59. The molecule has 0 radical (unpaired) electrons. The number of rotatable bonds is 2. The van der Waals surface area contributed by atoms with Gasteiger partial charge in [0.1, 0.15) is 0 Å². The third-order valence-electron chi connectivity index (χ3n) is 4.17. The fourth-order valence-corrected chi connectivity index (χ4v) is 4.13. The maximum absolute atomic E-state index is 12.3. The van der Waals surface area contributed by atoms with Gasteiger partial charge in [0, 0.05) is 5.92 Å². The van der Waals surface area contributed by atoms with E-state index in [2.05, 4.69) is 43.6 Å². The van der Waals surface area contributed by atoms with E-state index in [1.807, 2.05) is 0 Å². The number of carbonyl (C=O) groups excluding carboxylic acids is 1. The van der Waals surface area contributed by atoms with Crippen molar-refractivity contribution in [3.63, 3.8) is 0 Å². The Morgan fingerprint density at radius 3 is 2.19 bits per heavy atom. The first-order valence-electron chi connectivity index (χ1n) is 5.18. The lowest BCUT2D eigenvalue weighted by Gasteiger charge is -2.03. The van der Waals surface area contributed by atoms with Crippen LogP contribution < -0.4 is 0 Å². The molecule has 1 nitrogen and oxygen atoms in total. The molecular formula is C12H14BrClOS. The molecule has 1 aromatic rings. The topological polar surface area (TPSA) is 17.1 Å². The summed E-state index contributed by atoms with van der Waals surface area (Å²) in [6.45, 7) is 8.61. The van der Waals surface area contributed by atoms with Gasteiger partial charge in [-0.15, -0.1) is 11.3 Å². The van der Waals surface area contributed by atoms with Crippen LogP contribution in [0.3, 0.4) is 0 Å². The zero-order valence-corrected chi connectivity index (χ0v) is 12.9. The Hall–Kier alpha value is 0.140. The van der Waals surface area contributed by atoms with Crippen molar-refractivity contribution in [3.05, 3.63) is 19.8 Å². The normalized spacial score (nSPS) is 22.1. The van der Waals surface area contributed by atoms with Gasteiger partial charge in [0.25, 0.3) is 0 Å². The lowest BCUT2D eigenvalue weighted by molar-refractivity contribution is 0.0949. The molecule has 1 aliphatic carbocycles. The van der Waals surface area contributed by atoms with Gasteiger partial charge in [-0.25, -0.2) is 0 Å². The van der Waals surface area contributed by atoms with Crippen molar-refractivity contribution in [1.29, 1.82) is 0 Å². The predicted molar refractivity (Wildman–Crippen MR) is 72.4 cm³/mol. The van der Waals surface area contributed by atoms with Crippen molar-refractivity contribution in [2.75, 3.05) is 0 Å². The molecular weight excluding hydrogens is 308 g/mol. The number of halogens is 2. The molecule has 1 fully saturated rings. The zero-order chi connectivity index (χ0) is 12.3. The summed E-state index contributed by atoms with van der Waals surface area (Å²) < 4.78 is 0.841. The Labute approximate surface area is 113 Å². The maximum atomic E-state index is 12.3. The largest absolute Gasteiger partial charge is 0.293 e. The predicted octanol–water partition coefficient (Wildman–Crippen LogP) is 5.03. The van der Waals surface area contributed by atoms with Crippen molar-refractivity contribution in [1.82, 2.24) is 0 Å². The fraction of sp³-hybridized carbons (Fsp3) is 0.583. The summed E-state index contributed by atoms with van der Waals surface area (Å²) in [6.07, 6.45) is 0. The Balaban J connectivity index is 2.29. The van der Waals surface area contributed by atoms with Crippen molar-refractivity contribution in [3.8, 4) is 0 Å². The molecule has 0 amide bonds. The molecule has 4 heteroatoms. The van der Waals surface area contributed by atoms with Gasteiger partial charge in [-0.2, -0.15) is 0 Å². The van der Waals surface area contributed by atoms with E-state index in [9.17, 15) is 4.79 Å². The van der Waals surface area contributed by atoms with E-state index >= 15 is 0 Å². The van der Waals surface area contributed by atoms with Gasteiger partial charge in [-0.05, 0) is 32.8 Å². The van der Waals surface area contributed by atoms with Gasteiger partial charge < -0.3 is 0 Å². The lowest BCUT2D eigenvalue weighted by atomic mass is 10.0. The third-order valence-corrected chi connectivity index (χ3v) is 6.66. The molecule has 0 N–H and O–H groups in total. The number of hydrogen-bond acceptors (Lipinski definition) is 2. The van der Waals surface area contributed by atoms with Gasteiger partial charge in [0.2, 0.25) is 0 Å². The Kier molecular flexibility index (Phi) is 2.81. The average Bonchev–Trinajstić information content (AvgIpc) is 2.39.